The van der Waals surface area contributed by atoms with Crippen LogP contribution in [0, 0.1) is 6.92 Å². The highest BCUT2D eigenvalue weighted by molar-refractivity contribution is 5.94. The first kappa shape index (κ1) is 20.8. The molecule has 0 unspecified atom stereocenters. The molecule has 0 bridgehead atoms. The first-order valence-electron chi connectivity index (χ1n) is 10.8. The molecule has 0 saturated carbocycles. The van der Waals surface area contributed by atoms with Crippen molar-refractivity contribution in [3.8, 4) is 34.4 Å². The molecule has 1 atom stereocenters. The van der Waals surface area contributed by atoms with E-state index in [0.29, 0.717) is 36.3 Å². The van der Waals surface area contributed by atoms with Crippen LogP contribution in [0.2, 0.25) is 0 Å². The van der Waals surface area contributed by atoms with Crippen LogP contribution in [0.1, 0.15) is 34.5 Å². The van der Waals surface area contributed by atoms with Gasteiger partial charge in [-0.3, -0.25) is 4.79 Å². The molecule has 0 fully saturated rings. The van der Waals surface area contributed by atoms with E-state index >= 15 is 0 Å². The second kappa shape index (κ2) is 8.78. The molecule has 0 aliphatic carbocycles. The highest BCUT2D eigenvalue weighted by Crippen LogP contribution is 2.32. The van der Waals surface area contributed by atoms with Crippen molar-refractivity contribution in [2.24, 2.45) is 0 Å². The zero-order chi connectivity index (χ0) is 22.8. The van der Waals surface area contributed by atoms with E-state index in [9.17, 15) is 4.79 Å². The van der Waals surface area contributed by atoms with Gasteiger partial charge in [0.05, 0.1) is 6.04 Å². The summed E-state index contributed by atoms with van der Waals surface area (Å²) in [6.45, 7) is 5.03. The van der Waals surface area contributed by atoms with Crippen LogP contribution in [0.4, 0.5) is 0 Å². The summed E-state index contributed by atoms with van der Waals surface area (Å²) < 4.78 is 17.0. The maximum atomic E-state index is 12.8. The Morgan fingerprint density at radius 3 is 2.12 bits per heavy atom. The van der Waals surface area contributed by atoms with Crippen LogP contribution in [0.15, 0.2) is 71.1 Å². The smallest absolute Gasteiger partial charge is 0.251 e. The van der Waals surface area contributed by atoms with Crippen LogP contribution in [-0.4, -0.2) is 29.3 Å². The van der Waals surface area contributed by atoms with Gasteiger partial charge in [-0.2, -0.15) is 0 Å². The summed E-state index contributed by atoms with van der Waals surface area (Å²) >= 11 is 0. The van der Waals surface area contributed by atoms with Crippen molar-refractivity contribution in [2.75, 3.05) is 13.2 Å². The summed E-state index contributed by atoms with van der Waals surface area (Å²) in [4.78, 5) is 12.8. The summed E-state index contributed by atoms with van der Waals surface area (Å²) in [6.07, 6.45) is 0. The number of aromatic nitrogens is 2. The van der Waals surface area contributed by atoms with E-state index in [1.807, 2.05) is 56.3 Å². The Morgan fingerprint density at radius 1 is 0.848 bits per heavy atom. The Bertz CT molecular complexity index is 1280. The third-order valence-corrected chi connectivity index (χ3v) is 5.53. The number of benzene rings is 3. The van der Waals surface area contributed by atoms with Crippen LogP contribution >= 0.6 is 0 Å². The average molecular weight is 441 g/mol. The Hall–Kier alpha value is -4.13. The first-order chi connectivity index (χ1) is 16.1. The lowest BCUT2D eigenvalue weighted by Crippen LogP contribution is -2.26. The Balaban J connectivity index is 1.26. The van der Waals surface area contributed by atoms with Crippen molar-refractivity contribution < 1.29 is 18.7 Å². The van der Waals surface area contributed by atoms with Crippen molar-refractivity contribution in [2.45, 2.75) is 19.9 Å². The van der Waals surface area contributed by atoms with Crippen LogP contribution < -0.4 is 14.8 Å². The molecule has 2 heterocycles. The quantitative estimate of drug-likeness (QED) is 0.470. The predicted octanol–water partition coefficient (Wildman–Crippen LogP) is 4.97. The molecule has 3 aromatic carbocycles. The standard InChI is InChI=1S/C26H23N3O4/c1-16-3-5-19(6-4-16)25-28-29-26(33-25)20-9-7-18(8-10-20)24(30)27-17(2)21-11-12-22-23(15-21)32-14-13-31-22/h3-12,15,17H,13-14H2,1-2H3,(H,27,30)/t17-/m0/s1. The molecule has 7 nitrogen and oxygen atoms in total. The van der Waals surface area contributed by atoms with Crippen LogP contribution in [-0.2, 0) is 0 Å². The number of ether oxygens (including phenoxy) is 2. The molecule has 33 heavy (non-hydrogen) atoms. The fraction of sp³-hybridized carbons (Fsp3) is 0.192. The number of amides is 1. The van der Waals surface area contributed by atoms with Crippen LogP contribution in [0.3, 0.4) is 0 Å². The molecule has 4 aromatic rings. The van der Waals surface area contributed by atoms with Gasteiger partial charge in [-0.1, -0.05) is 23.8 Å². The van der Waals surface area contributed by atoms with Gasteiger partial charge in [0, 0.05) is 16.7 Å². The molecule has 166 valence electrons. The monoisotopic (exact) mass is 441 g/mol. The second-order valence-electron chi connectivity index (χ2n) is 7.95. The molecule has 0 radical (unpaired) electrons. The van der Waals surface area contributed by atoms with E-state index in [4.69, 9.17) is 13.9 Å². The SMILES string of the molecule is Cc1ccc(-c2nnc(-c3ccc(C(=O)N[C@@H](C)c4ccc5c(c4)OCCO5)cc3)o2)cc1. The molecule has 0 saturated heterocycles. The zero-order valence-corrected chi connectivity index (χ0v) is 18.4. The molecular weight excluding hydrogens is 418 g/mol. The molecule has 0 spiro atoms. The number of fused-ring (bicyclic) bond motifs is 1. The molecule has 1 aliphatic rings. The van der Waals surface area contributed by atoms with Gasteiger partial charge < -0.3 is 19.2 Å². The minimum absolute atomic E-state index is 0.171. The van der Waals surface area contributed by atoms with Gasteiger partial charge in [-0.05, 0) is 67.9 Å². The highest BCUT2D eigenvalue weighted by Gasteiger charge is 2.17. The summed E-state index contributed by atoms with van der Waals surface area (Å²) in [6, 6.07) is 20.5. The maximum absolute atomic E-state index is 12.8. The minimum Gasteiger partial charge on any atom is -0.486 e. The number of carbonyl (C=O) groups is 1. The third-order valence-electron chi connectivity index (χ3n) is 5.53. The van der Waals surface area contributed by atoms with Gasteiger partial charge >= 0.3 is 0 Å². The summed E-state index contributed by atoms with van der Waals surface area (Å²) in [5.74, 6) is 2.12. The predicted molar refractivity (Wildman–Crippen MR) is 123 cm³/mol. The number of hydrogen-bond acceptors (Lipinski definition) is 6. The number of hydrogen-bond donors (Lipinski definition) is 1. The third kappa shape index (κ3) is 4.43. The normalized spacial score (nSPS) is 13.4. The zero-order valence-electron chi connectivity index (χ0n) is 18.4. The van der Waals surface area contributed by atoms with E-state index in [0.717, 1.165) is 28.0 Å². The summed E-state index contributed by atoms with van der Waals surface area (Å²) in [7, 11) is 0. The lowest BCUT2D eigenvalue weighted by Gasteiger charge is -2.21. The van der Waals surface area contributed by atoms with Gasteiger partial charge in [-0.15, -0.1) is 10.2 Å². The fourth-order valence-corrected chi connectivity index (χ4v) is 3.61. The maximum Gasteiger partial charge on any atom is 0.251 e. The van der Waals surface area contributed by atoms with Crippen molar-refractivity contribution in [1.29, 1.82) is 0 Å². The Labute approximate surface area is 191 Å². The number of aryl methyl sites for hydroxylation is 1. The van der Waals surface area contributed by atoms with E-state index in [2.05, 4.69) is 15.5 Å². The Kier molecular flexibility index (Phi) is 5.52. The van der Waals surface area contributed by atoms with Crippen molar-refractivity contribution in [3.05, 3.63) is 83.4 Å². The number of nitrogens with zero attached hydrogens (tertiary/aromatic N) is 2. The summed E-state index contributed by atoms with van der Waals surface area (Å²) in [5, 5.41) is 11.3. The van der Waals surface area contributed by atoms with E-state index in [1.54, 1.807) is 24.3 Å². The fourth-order valence-electron chi connectivity index (χ4n) is 3.61. The largest absolute Gasteiger partial charge is 0.486 e. The number of rotatable bonds is 5. The number of carbonyl (C=O) groups excluding carboxylic acids is 1. The van der Waals surface area contributed by atoms with E-state index in [1.165, 1.54) is 0 Å². The van der Waals surface area contributed by atoms with Crippen molar-refractivity contribution >= 4 is 5.91 Å². The van der Waals surface area contributed by atoms with Gasteiger partial charge in [-0.25, -0.2) is 0 Å². The topological polar surface area (TPSA) is 86.5 Å². The molecule has 1 aliphatic heterocycles. The molecule has 1 N–H and O–H groups in total. The van der Waals surface area contributed by atoms with Gasteiger partial charge in [0.15, 0.2) is 11.5 Å². The molecule has 1 amide bonds. The average Bonchev–Trinajstić information content (AvgIpc) is 3.34. The lowest BCUT2D eigenvalue weighted by atomic mass is 10.1. The number of nitrogens with one attached hydrogen (secondary N) is 1. The lowest BCUT2D eigenvalue weighted by molar-refractivity contribution is 0.0939. The molecule has 1 aromatic heterocycles. The first-order valence-corrected chi connectivity index (χ1v) is 10.8. The Morgan fingerprint density at radius 2 is 1.45 bits per heavy atom. The molecular formula is C26H23N3O4. The highest BCUT2D eigenvalue weighted by atomic mass is 16.6. The van der Waals surface area contributed by atoms with Crippen molar-refractivity contribution in [1.82, 2.24) is 15.5 Å². The summed E-state index contributed by atoms with van der Waals surface area (Å²) in [5.41, 5.74) is 4.26. The van der Waals surface area contributed by atoms with E-state index < -0.39 is 0 Å². The molecule has 5 rings (SSSR count). The van der Waals surface area contributed by atoms with E-state index in [-0.39, 0.29) is 11.9 Å². The van der Waals surface area contributed by atoms with Crippen molar-refractivity contribution in [3.63, 3.8) is 0 Å². The van der Waals surface area contributed by atoms with Crippen LogP contribution in [0.5, 0.6) is 11.5 Å². The van der Waals surface area contributed by atoms with Gasteiger partial charge in [0.2, 0.25) is 11.8 Å². The second-order valence-corrected chi connectivity index (χ2v) is 7.95. The van der Waals surface area contributed by atoms with Crippen LogP contribution in [0.25, 0.3) is 22.9 Å². The van der Waals surface area contributed by atoms with Gasteiger partial charge in [0.25, 0.3) is 5.91 Å². The van der Waals surface area contributed by atoms with Gasteiger partial charge in [0.1, 0.15) is 13.2 Å². The molecule has 7 heteroatoms. The minimum atomic E-state index is -0.194.